The summed E-state index contributed by atoms with van der Waals surface area (Å²) in [5.41, 5.74) is 2.70. The van der Waals surface area contributed by atoms with E-state index in [4.69, 9.17) is 4.74 Å². The van der Waals surface area contributed by atoms with Gasteiger partial charge in [-0.15, -0.1) is 0 Å². The van der Waals surface area contributed by atoms with E-state index in [2.05, 4.69) is 91.0 Å². The van der Waals surface area contributed by atoms with Crippen molar-refractivity contribution in [3.05, 3.63) is 83.9 Å². The summed E-state index contributed by atoms with van der Waals surface area (Å²) in [6, 6.07) is 21.1. The number of carbonyl (C=O) groups excluding carboxylic acids is 2. The van der Waals surface area contributed by atoms with Crippen LogP contribution in [0.2, 0.25) is 19.6 Å². The molecule has 0 aromatic heterocycles. The minimum absolute atomic E-state index is 0.127. The minimum atomic E-state index is -1.07. The zero-order valence-electron chi connectivity index (χ0n) is 26.4. The van der Waals surface area contributed by atoms with Crippen LogP contribution in [0.4, 0.5) is 0 Å². The summed E-state index contributed by atoms with van der Waals surface area (Å²) in [6.45, 7) is 19.3. The lowest BCUT2D eigenvalue weighted by atomic mass is 9.91. The number of ether oxygens (including phenoxy) is 1. The maximum absolute atomic E-state index is 11.6. The average Bonchev–Trinajstić information content (AvgIpc) is 3.32. The summed E-state index contributed by atoms with van der Waals surface area (Å²) in [5.74, 6) is 1.29. The molecule has 222 valence electrons. The van der Waals surface area contributed by atoms with Crippen molar-refractivity contribution in [1.82, 2.24) is 9.80 Å². The van der Waals surface area contributed by atoms with Crippen LogP contribution in [0, 0.1) is 11.8 Å². The second kappa shape index (κ2) is 19.7. The van der Waals surface area contributed by atoms with E-state index in [1.807, 2.05) is 19.1 Å². The number of nitrogens with zero attached hydrogens (tertiary/aromatic N) is 2. The molecule has 6 heteroatoms. The Balaban J connectivity index is 0.000000326. The molecule has 3 rings (SSSR count). The van der Waals surface area contributed by atoms with E-state index in [0.717, 1.165) is 45.8 Å². The summed E-state index contributed by atoms with van der Waals surface area (Å²) in [6.07, 6.45) is 6.66. The fourth-order valence-electron chi connectivity index (χ4n) is 4.93. The predicted molar refractivity (Wildman–Crippen MR) is 172 cm³/mol. The van der Waals surface area contributed by atoms with Crippen molar-refractivity contribution >= 4 is 19.6 Å². The molecule has 2 aromatic carbocycles. The van der Waals surface area contributed by atoms with Crippen molar-refractivity contribution in [2.45, 2.75) is 73.3 Å². The molecular weight excluding hydrogens is 512 g/mol. The van der Waals surface area contributed by atoms with Gasteiger partial charge in [0, 0.05) is 39.2 Å². The summed E-state index contributed by atoms with van der Waals surface area (Å²) in [7, 11) is 0.701. The lowest BCUT2D eigenvalue weighted by Gasteiger charge is -2.28. The molecule has 2 atom stereocenters. The van der Waals surface area contributed by atoms with Gasteiger partial charge < -0.3 is 4.74 Å². The third-order valence-electron chi connectivity index (χ3n) is 6.66. The van der Waals surface area contributed by atoms with E-state index >= 15 is 0 Å². The molecule has 0 N–H and O–H groups in total. The number of allylic oxidation sites excluding steroid dienone is 2. The number of benzene rings is 2. The highest BCUT2D eigenvalue weighted by atomic mass is 28.3. The highest BCUT2D eigenvalue weighted by Crippen LogP contribution is 2.27. The van der Waals surface area contributed by atoms with Gasteiger partial charge in [-0.25, -0.2) is 0 Å². The van der Waals surface area contributed by atoms with Crippen LogP contribution in [-0.2, 0) is 27.4 Å². The SMILES string of the molecule is CCC1CN(Cc2ccccc2)CC1C(C)=O.CCC=CC(C)=O.COCN(Cc1ccccc1)C[Si](C)(C)C. The Morgan fingerprint density at radius 3 is 1.93 bits per heavy atom. The van der Waals surface area contributed by atoms with Crippen LogP contribution in [0.5, 0.6) is 0 Å². The van der Waals surface area contributed by atoms with Gasteiger partial charge in [-0.1, -0.05) is 107 Å². The number of hydrogen-bond donors (Lipinski definition) is 0. The zero-order valence-corrected chi connectivity index (χ0v) is 27.4. The van der Waals surface area contributed by atoms with Crippen LogP contribution in [0.3, 0.4) is 0 Å². The average molecular weight is 567 g/mol. The van der Waals surface area contributed by atoms with Gasteiger partial charge in [-0.05, 0) is 49.6 Å². The van der Waals surface area contributed by atoms with E-state index < -0.39 is 8.07 Å². The lowest BCUT2D eigenvalue weighted by Crippen LogP contribution is -2.40. The number of Topliss-reactive ketones (excluding diaryl/α,β-unsaturated/α-hetero) is 1. The van der Waals surface area contributed by atoms with Gasteiger partial charge >= 0.3 is 0 Å². The van der Waals surface area contributed by atoms with Crippen LogP contribution >= 0.6 is 0 Å². The number of hydrogen-bond acceptors (Lipinski definition) is 5. The van der Waals surface area contributed by atoms with Crippen LogP contribution in [-0.4, -0.2) is 62.5 Å². The second-order valence-corrected chi connectivity index (χ2v) is 17.4. The molecule has 1 aliphatic heterocycles. The van der Waals surface area contributed by atoms with E-state index in [0.29, 0.717) is 11.7 Å². The summed E-state index contributed by atoms with van der Waals surface area (Å²) in [4.78, 5) is 26.5. The predicted octanol–water partition coefficient (Wildman–Crippen LogP) is 7.25. The topological polar surface area (TPSA) is 49.9 Å². The Morgan fingerprint density at radius 1 is 0.950 bits per heavy atom. The molecule has 0 bridgehead atoms. The van der Waals surface area contributed by atoms with E-state index in [1.165, 1.54) is 17.3 Å². The largest absolute Gasteiger partial charge is 0.369 e. The maximum atomic E-state index is 11.6. The molecule has 0 spiro atoms. The van der Waals surface area contributed by atoms with Gasteiger partial charge in [0.05, 0.1) is 14.8 Å². The fraction of sp³-hybridized carbons (Fsp3) is 0.529. The Kier molecular flexibility index (Phi) is 17.5. The van der Waals surface area contributed by atoms with Crippen LogP contribution < -0.4 is 0 Å². The zero-order chi connectivity index (χ0) is 30.0. The Labute approximate surface area is 245 Å². The molecule has 2 unspecified atom stereocenters. The number of carbonyl (C=O) groups is 2. The first-order chi connectivity index (χ1) is 19.0. The normalized spacial score (nSPS) is 17.2. The Bertz CT molecular complexity index is 989. The fourth-order valence-corrected chi connectivity index (χ4v) is 6.48. The molecule has 0 amide bonds. The van der Waals surface area contributed by atoms with Crippen LogP contribution in [0.15, 0.2) is 72.8 Å². The van der Waals surface area contributed by atoms with Crippen molar-refractivity contribution in [1.29, 1.82) is 0 Å². The second-order valence-electron chi connectivity index (χ2n) is 11.9. The first-order valence-corrected chi connectivity index (χ1v) is 18.4. The molecule has 1 fully saturated rings. The van der Waals surface area contributed by atoms with Gasteiger partial charge in [0.15, 0.2) is 5.78 Å². The molecule has 1 heterocycles. The molecule has 0 radical (unpaired) electrons. The van der Waals surface area contributed by atoms with Gasteiger partial charge in [0.2, 0.25) is 0 Å². The third kappa shape index (κ3) is 16.0. The van der Waals surface area contributed by atoms with Crippen LogP contribution in [0.25, 0.3) is 0 Å². The van der Waals surface area contributed by atoms with Crippen molar-refractivity contribution in [2.75, 3.05) is 33.1 Å². The van der Waals surface area contributed by atoms with Crippen molar-refractivity contribution in [3.8, 4) is 0 Å². The summed E-state index contributed by atoms with van der Waals surface area (Å²) >= 11 is 0. The number of likely N-dealkylation sites (tertiary alicyclic amines) is 1. The van der Waals surface area contributed by atoms with Crippen molar-refractivity contribution in [2.24, 2.45) is 11.8 Å². The number of ketones is 2. The molecular formula is C34H54N2O3Si. The van der Waals surface area contributed by atoms with E-state index in [1.54, 1.807) is 27.0 Å². The van der Waals surface area contributed by atoms with Crippen molar-refractivity contribution < 1.29 is 14.3 Å². The standard InChI is InChI=1S/C15H21NO.C13H23NOSi.C6H10O/c1-3-14-10-16(11-15(14)12(2)17)9-13-7-5-4-6-8-13;1-15-11-14(12-16(2,3)4)10-13-8-6-5-7-9-13;1-3-4-5-6(2)7/h4-8,14-15H,3,9-11H2,1-2H3;5-9H,10-12H2,1-4H3;4-5H,3H2,1-2H3. The highest BCUT2D eigenvalue weighted by Gasteiger charge is 2.34. The van der Waals surface area contributed by atoms with Gasteiger partial charge in [-0.2, -0.15) is 0 Å². The van der Waals surface area contributed by atoms with E-state index in [-0.39, 0.29) is 11.7 Å². The maximum Gasteiger partial charge on any atom is 0.152 e. The summed E-state index contributed by atoms with van der Waals surface area (Å²) < 4.78 is 5.27. The minimum Gasteiger partial charge on any atom is -0.369 e. The molecule has 1 saturated heterocycles. The summed E-state index contributed by atoms with van der Waals surface area (Å²) in [5, 5.41) is 0. The quantitative estimate of drug-likeness (QED) is 0.154. The molecule has 1 aliphatic rings. The van der Waals surface area contributed by atoms with Crippen LogP contribution in [0.1, 0.15) is 51.7 Å². The first kappa shape index (κ1) is 35.6. The monoisotopic (exact) mass is 566 g/mol. The number of methoxy groups -OCH3 is 1. The van der Waals surface area contributed by atoms with E-state index in [9.17, 15) is 9.59 Å². The Morgan fingerprint density at radius 2 is 1.52 bits per heavy atom. The smallest absolute Gasteiger partial charge is 0.152 e. The Hall–Kier alpha value is -2.38. The third-order valence-corrected chi connectivity index (χ3v) is 8.05. The highest BCUT2D eigenvalue weighted by molar-refractivity contribution is 6.76. The van der Waals surface area contributed by atoms with Gasteiger partial charge in [0.25, 0.3) is 0 Å². The lowest BCUT2D eigenvalue weighted by molar-refractivity contribution is -0.121. The molecule has 5 nitrogen and oxygen atoms in total. The van der Waals surface area contributed by atoms with Gasteiger partial charge in [-0.3, -0.25) is 19.4 Å². The molecule has 40 heavy (non-hydrogen) atoms. The molecule has 0 saturated carbocycles. The molecule has 2 aromatic rings. The van der Waals surface area contributed by atoms with Gasteiger partial charge in [0.1, 0.15) is 5.78 Å². The first-order valence-electron chi connectivity index (χ1n) is 14.7. The van der Waals surface area contributed by atoms with Crippen molar-refractivity contribution in [3.63, 3.8) is 0 Å². The molecule has 0 aliphatic carbocycles. The number of rotatable bonds is 12.